The van der Waals surface area contributed by atoms with Crippen LogP contribution in [-0.2, 0) is 6.42 Å². The molecule has 4 nitrogen and oxygen atoms in total. The summed E-state index contributed by atoms with van der Waals surface area (Å²) in [6.07, 6.45) is 4.70. The van der Waals surface area contributed by atoms with Crippen LogP contribution in [0.3, 0.4) is 0 Å². The largest absolute Gasteiger partial charge is 0.391 e. The van der Waals surface area contributed by atoms with Crippen molar-refractivity contribution in [3.05, 3.63) is 35.4 Å². The third-order valence-electron chi connectivity index (χ3n) is 4.71. The van der Waals surface area contributed by atoms with Crippen LogP contribution >= 0.6 is 0 Å². The molecule has 2 N–H and O–H groups in total. The molecule has 0 bridgehead atoms. The second kappa shape index (κ2) is 7.45. The number of nitrogens with zero attached hydrogens (tertiary/aromatic N) is 1. The van der Waals surface area contributed by atoms with Crippen LogP contribution in [0.5, 0.6) is 0 Å². The first-order chi connectivity index (χ1) is 10.8. The van der Waals surface area contributed by atoms with Gasteiger partial charge in [0.2, 0.25) is 0 Å². The minimum Gasteiger partial charge on any atom is -0.391 e. The Kier molecular flexibility index (Phi) is 5.82. The van der Waals surface area contributed by atoms with E-state index in [2.05, 4.69) is 0 Å². The van der Waals surface area contributed by atoms with Crippen molar-refractivity contribution < 1.29 is 15.0 Å². The molecule has 1 saturated carbocycles. The average Bonchev–Trinajstić information content (AvgIpc) is 2.52. The van der Waals surface area contributed by atoms with Crippen molar-refractivity contribution in [2.24, 2.45) is 0 Å². The molecule has 1 fully saturated rings. The highest BCUT2D eigenvalue weighted by molar-refractivity contribution is 5.94. The van der Waals surface area contributed by atoms with Crippen LogP contribution in [0.25, 0.3) is 0 Å². The van der Waals surface area contributed by atoms with Crippen molar-refractivity contribution in [2.75, 3.05) is 7.05 Å². The van der Waals surface area contributed by atoms with Gasteiger partial charge in [0.15, 0.2) is 0 Å². The fourth-order valence-electron chi connectivity index (χ4n) is 3.21. The second-order valence-corrected chi connectivity index (χ2v) is 7.35. The first-order valence-corrected chi connectivity index (χ1v) is 8.54. The number of aliphatic hydroxyl groups is 2. The quantitative estimate of drug-likeness (QED) is 0.877. The topological polar surface area (TPSA) is 60.8 Å². The molecule has 0 radical (unpaired) electrons. The van der Waals surface area contributed by atoms with Crippen molar-refractivity contribution in [3.8, 4) is 0 Å². The fourth-order valence-corrected chi connectivity index (χ4v) is 3.21. The highest BCUT2D eigenvalue weighted by atomic mass is 16.3. The molecule has 1 aromatic rings. The number of hydrogen-bond donors (Lipinski definition) is 2. The molecule has 1 aromatic carbocycles. The lowest BCUT2D eigenvalue weighted by atomic mass is 9.91. The van der Waals surface area contributed by atoms with Crippen LogP contribution in [0.15, 0.2) is 24.3 Å². The highest BCUT2D eigenvalue weighted by Gasteiger charge is 2.29. The fraction of sp³-hybridized carbons (Fsp3) is 0.632. The van der Waals surface area contributed by atoms with Crippen molar-refractivity contribution in [2.45, 2.75) is 70.1 Å². The Bertz CT molecular complexity index is 536. The molecule has 2 atom stereocenters. The maximum absolute atomic E-state index is 12.7. The molecule has 1 aliphatic carbocycles. The Morgan fingerprint density at radius 3 is 2.65 bits per heavy atom. The monoisotopic (exact) mass is 319 g/mol. The van der Waals surface area contributed by atoms with Gasteiger partial charge in [-0.15, -0.1) is 0 Å². The number of likely N-dealkylation sites (N-methyl/N-ethyl adjacent to an activating group) is 1. The minimum absolute atomic E-state index is 0.0407. The molecule has 1 amide bonds. The highest BCUT2D eigenvalue weighted by Crippen LogP contribution is 2.24. The predicted molar refractivity (Wildman–Crippen MR) is 91.4 cm³/mol. The van der Waals surface area contributed by atoms with Gasteiger partial charge in [0, 0.05) is 12.6 Å². The molecule has 0 aliphatic heterocycles. The molecule has 4 heteroatoms. The summed E-state index contributed by atoms with van der Waals surface area (Å²) in [6, 6.07) is 7.51. The summed E-state index contributed by atoms with van der Waals surface area (Å²) in [6.45, 7) is 3.58. The molecule has 0 spiro atoms. The number of amides is 1. The maximum Gasteiger partial charge on any atom is 0.253 e. The van der Waals surface area contributed by atoms with Crippen molar-refractivity contribution in [3.63, 3.8) is 0 Å². The minimum atomic E-state index is -0.705. The Labute approximate surface area is 139 Å². The van der Waals surface area contributed by atoms with Crippen molar-refractivity contribution in [1.29, 1.82) is 0 Å². The molecular weight excluding hydrogens is 290 g/mol. The van der Waals surface area contributed by atoms with E-state index >= 15 is 0 Å². The van der Waals surface area contributed by atoms with E-state index in [-0.39, 0.29) is 11.9 Å². The molecule has 0 aromatic heterocycles. The summed E-state index contributed by atoms with van der Waals surface area (Å²) in [5, 5.41) is 20.0. The summed E-state index contributed by atoms with van der Waals surface area (Å²) in [7, 11) is 1.78. The number of aryl methyl sites for hydroxylation is 1. The second-order valence-electron chi connectivity index (χ2n) is 7.35. The average molecular weight is 319 g/mol. The summed E-state index contributed by atoms with van der Waals surface area (Å²) >= 11 is 0. The zero-order chi connectivity index (χ0) is 17.0. The van der Waals surface area contributed by atoms with E-state index in [0.29, 0.717) is 12.0 Å². The van der Waals surface area contributed by atoms with E-state index < -0.39 is 11.7 Å². The molecule has 128 valence electrons. The lowest BCUT2D eigenvalue weighted by Gasteiger charge is -2.35. The SMILES string of the molecule is CN(C(=O)c1cccc(CCC(C)(C)O)c1)[C@@H]1CCCC[C@@H]1O. The first kappa shape index (κ1) is 18.0. The van der Waals surface area contributed by atoms with Crippen molar-refractivity contribution in [1.82, 2.24) is 4.90 Å². The number of aliphatic hydroxyl groups excluding tert-OH is 1. The number of benzene rings is 1. The van der Waals surface area contributed by atoms with Crippen molar-refractivity contribution >= 4 is 5.91 Å². The summed E-state index contributed by atoms with van der Waals surface area (Å²) < 4.78 is 0. The maximum atomic E-state index is 12.7. The lowest BCUT2D eigenvalue weighted by molar-refractivity contribution is 0.0268. The Morgan fingerprint density at radius 1 is 1.30 bits per heavy atom. The molecule has 2 rings (SSSR count). The van der Waals surface area contributed by atoms with Crippen LogP contribution in [0.2, 0.25) is 0 Å². The number of rotatable bonds is 5. The van der Waals surface area contributed by atoms with Gasteiger partial charge in [-0.1, -0.05) is 25.0 Å². The van der Waals surface area contributed by atoms with Crippen LogP contribution in [0.4, 0.5) is 0 Å². The zero-order valence-electron chi connectivity index (χ0n) is 14.5. The summed E-state index contributed by atoms with van der Waals surface area (Å²) in [5.41, 5.74) is 0.998. The van der Waals surface area contributed by atoms with Gasteiger partial charge in [-0.05, 0) is 57.2 Å². The Hall–Kier alpha value is -1.39. The number of carbonyl (C=O) groups is 1. The smallest absolute Gasteiger partial charge is 0.253 e. The van der Waals surface area contributed by atoms with E-state index in [0.717, 1.165) is 37.7 Å². The summed E-state index contributed by atoms with van der Waals surface area (Å²) in [4.78, 5) is 14.4. The van der Waals surface area contributed by atoms with E-state index in [1.54, 1.807) is 25.8 Å². The van der Waals surface area contributed by atoms with Crippen LogP contribution < -0.4 is 0 Å². The number of carbonyl (C=O) groups excluding carboxylic acids is 1. The zero-order valence-corrected chi connectivity index (χ0v) is 14.5. The third-order valence-corrected chi connectivity index (χ3v) is 4.71. The normalized spacial score (nSPS) is 22.0. The molecular formula is C19H29NO3. The number of hydrogen-bond acceptors (Lipinski definition) is 3. The molecule has 0 heterocycles. The van der Waals surface area contributed by atoms with Gasteiger partial charge in [-0.3, -0.25) is 4.79 Å². The van der Waals surface area contributed by atoms with E-state index in [9.17, 15) is 15.0 Å². The van der Waals surface area contributed by atoms with E-state index in [1.807, 2.05) is 24.3 Å². The van der Waals surface area contributed by atoms with Gasteiger partial charge in [0.25, 0.3) is 5.91 Å². The summed E-state index contributed by atoms with van der Waals surface area (Å²) in [5.74, 6) is -0.0407. The Balaban J connectivity index is 2.06. The first-order valence-electron chi connectivity index (χ1n) is 8.54. The van der Waals surface area contributed by atoms with E-state index in [4.69, 9.17) is 0 Å². The van der Waals surface area contributed by atoms with Gasteiger partial charge in [0.1, 0.15) is 0 Å². The van der Waals surface area contributed by atoms with Gasteiger partial charge < -0.3 is 15.1 Å². The van der Waals surface area contributed by atoms with Crippen LogP contribution in [0, 0.1) is 0 Å². The lowest BCUT2D eigenvalue weighted by Crippen LogP contribution is -2.46. The van der Waals surface area contributed by atoms with Crippen LogP contribution in [0.1, 0.15) is 61.9 Å². The molecule has 23 heavy (non-hydrogen) atoms. The molecule has 0 saturated heterocycles. The Morgan fingerprint density at radius 2 is 2.00 bits per heavy atom. The van der Waals surface area contributed by atoms with E-state index in [1.165, 1.54) is 0 Å². The van der Waals surface area contributed by atoms with Gasteiger partial charge in [-0.2, -0.15) is 0 Å². The van der Waals surface area contributed by atoms with Crippen LogP contribution in [-0.4, -0.2) is 45.8 Å². The third kappa shape index (κ3) is 5.05. The predicted octanol–water partition coefficient (Wildman–Crippen LogP) is 2.77. The van der Waals surface area contributed by atoms with Gasteiger partial charge >= 0.3 is 0 Å². The molecule has 1 aliphatic rings. The van der Waals surface area contributed by atoms with Gasteiger partial charge in [0.05, 0.1) is 17.7 Å². The standard InChI is InChI=1S/C19H29NO3/c1-19(2,23)12-11-14-7-6-8-15(13-14)18(22)20(3)16-9-4-5-10-17(16)21/h6-8,13,16-17,21,23H,4-5,9-12H2,1-3H3/t16-,17+/m1/s1. The van der Waals surface area contributed by atoms with Gasteiger partial charge in [-0.25, -0.2) is 0 Å². The molecule has 0 unspecified atom stereocenters.